The van der Waals surface area contributed by atoms with E-state index >= 15 is 0 Å². The van der Waals surface area contributed by atoms with Crippen molar-refractivity contribution in [1.29, 1.82) is 0 Å². The van der Waals surface area contributed by atoms with Crippen LogP contribution in [0.2, 0.25) is 0 Å². The second kappa shape index (κ2) is 10.7. The minimum absolute atomic E-state index is 0.110. The fraction of sp³-hybridized carbons (Fsp3) is 0.409. The zero-order valence-corrected chi connectivity index (χ0v) is 15.0. The zero-order valence-electron chi connectivity index (χ0n) is 15.0. The zero-order chi connectivity index (χ0) is 17.9. The normalized spacial score (nSPS) is 11.9. The molecular weight excluding hydrogens is 313 g/mol. The lowest BCUT2D eigenvalue weighted by molar-refractivity contribution is 0.0687. The molecule has 0 aliphatic carbocycles. The van der Waals surface area contributed by atoms with E-state index in [9.17, 15) is 9.18 Å². The molecule has 0 bridgehead atoms. The van der Waals surface area contributed by atoms with Crippen molar-refractivity contribution in [3.05, 3.63) is 71.8 Å². The van der Waals surface area contributed by atoms with Gasteiger partial charge < -0.3 is 4.90 Å². The van der Waals surface area contributed by atoms with E-state index in [4.69, 9.17) is 0 Å². The minimum atomic E-state index is -0.978. The lowest BCUT2D eigenvalue weighted by Gasteiger charge is -2.25. The first-order chi connectivity index (χ1) is 12.2. The highest BCUT2D eigenvalue weighted by molar-refractivity contribution is 5.94. The van der Waals surface area contributed by atoms with E-state index in [-0.39, 0.29) is 12.5 Å². The average molecular weight is 341 g/mol. The standard InChI is InChI=1S/C22H28FNO/c1-2-3-4-11-16-21(23)18-24(17-19-12-7-5-8-13-19)22(25)20-14-9-6-10-15-20/h5-10,12-15,21H,2-4,11,16-18H2,1H3. The third-order valence-electron chi connectivity index (χ3n) is 4.31. The van der Waals surface area contributed by atoms with E-state index in [2.05, 4.69) is 6.92 Å². The Bertz CT molecular complexity index is 614. The number of amides is 1. The molecule has 0 saturated heterocycles. The lowest BCUT2D eigenvalue weighted by Crippen LogP contribution is -2.35. The molecule has 1 unspecified atom stereocenters. The largest absolute Gasteiger partial charge is 0.331 e. The smallest absolute Gasteiger partial charge is 0.254 e. The SMILES string of the molecule is CCCCCCC(F)CN(Cc1ccccc1)C(=O)c1ccccc1. The second-order valence-corrected chi connectivity index (χ2v) is 6.48. The van der Waals surface area contributed by atoms with Gasteiger partial charge in [0.2, 0.25) is 0 Å². The molecule has 25 heavy (non-hydrogen) atoms. The maximum atomic E-state index is 14.5. The molecule has 1 atom stereocenters. The highest BCUT2D eigenvalue weighted by Gasteiger charge is 2.20. The van der Waals surface area contributed by atoms with Crippen LogP contribution in [-0.4, -0.2) is 23.5 Å². The van der Waals surface area contributed by atoms with Gasteiger partial charge in [-0.2, -0.15) is 0 Å². The average Bonchev–Trinajstić information content (AvgIpc) is 2.66. The van der Waals surface area contributed by atoms with Crippen LogP contribution in [-0.2, 0) is 6.54 Å². The Kier molecular flexibility index (Phi) is 8.17. The molecular formula is C22H28FNO. The third kappa shape index (κ3) is 6.69. The monoisotopic (exact) mass is 341 g/mol. The van der Waals surface area contributed by atoms with Gasteiger partial charge in [-0.3, -0.25) is 4.79 Å². The maximum absolute atomic E-state index is 14.5. The molecule has 0 N–H and O–H groups in total. The highest BCUT2D eigenvalue weighted by Crippen LogP contribution is 2.15. The Hall–Kier alpha value is -2.16. The van der Waals surface area contributed by atoms with Gasteiger partial charge in [-0.15, -0.1) is 0 Å². The molecule has 2 aromatic rings. The first-order valence-electron chi connectivity index (χ1n) is 9.23. The number of hydrogen-bond donors (Lipinski definition) is 0. The summed E-state index contributed by atoms with van der Waals surface area (Å²) in [7, 11) is 0. The van der Waals surface area contributed by atoms with Crippen LogP contribution in [0.4, 0.5) is 4.39 Å². The van der Waals surface area contributed by atoms with Gasteiger partial charge in [0, 0.05) is 12.1 Å². The maximum Gasteiger partial charge on any atom is 0.254 e. The molecule has 0 spiro atoms. The summed E-state index contributed by atoms with van der Waals surface area (Å²) >= 11 is 0. The van der Waals surface area contributed by atoms with E-state index in [1.54, 1.807) is 17.0 Å². The summed E-state index contributed by atoms with van der Waals surface area (Å²) in [5, 5.41) is 0. The molecule has 0 saturated carbocycles. The van der Waals surface area contributed by atoms with Crippen LogP contribution < -0.4 is 0 Å². The molecule has 0 fully saturated rings. The molecule has 0 aliphatic rings. The van der Waals surface area contributed by atoms with Crippen LogP contribution >= 0.6 is 0 Å². The first-order valence-corrected chi connectivity index (χ1v) is 9.23. The van der Waals surface area contributed by atoms with E-state index in [0.29, 0.717) is 18.5 Å². The molecule has 0 radical (unpaired) electrons. The molecule has 0 aromatic heterocycles. The summed E-state index contributed by atoms with van der Waals surface area (Å²) in [5.41, 5.74) is 1.63. The van der Waals surface area contributed by atoms with Crippen LogP contribution in [0.1, 0.15) is 54.9 Å². The number of alkyl halides is 1. The van der Waals surface area contributed by atoms with Crippen molar-refractivity contribution >= 4 is 5.91 Å². The molecule has 134 valence electrons. The molecule has 1 amide bonds. The van der Waals surface area contributed by atoms with Crippen molar-refractivity contribution in [2.24, 2.45) is 0 Å². The molecule has 2 rings (SSSR count). The Balaban J connectivity index is 2.02. The van der Waals surface area contributed by atoms with E-state index in [1.807, 2.05) is 48.5 Å². The van der Waals surface area contributed by atoms with Crippen LogP contribution in [0.15, 0.2) is 60.7 Å². The van der Waals surface area contributed by atoms with Crippen LogP contribution in [0.5, 0.6) is 0 Å². The Morgan fingerprint density at radius 1 is 0.960 bits per heavy atom. The van der Waals surface area contributed by atoms with Crippen LogP contribution in [0.25, 0.3) is 0 Å². The number of rotatable bonds is 10. The van der Waals surface area contributed by atoms with Crippen LogP contribution in [0.3, 0.4) is 0 Å². The van der Waals surface area contributed by atoms with Gasteiger partial charge in [-0.25, -0.2) is 4.39 Å². The van der Waals surface area contributed by atoms with E-state index < -0.39 is 6.17 Å². The number of carbonyl (C=O) groups excluding carboxylic acids is 1. The number of nitrogens with zero attached hydrogens (tertiary/aromatic N) is 1. The Morgan fingerprint density at radius 2 is 1.60 bits per heavy atom. The number of carbonyl (C=O) groups is 1. The Labute approximate surface area is 150 Å². The predicted molar refractivity (Wildman–Crippen MR) is 101 cm³/mol. The summed E-state index contributed by atoms with van der Waals surface area (Å²) in [5.74, 6) is -0.110. The van der Waals surface area contributed by atoms with E-state index in [1.165, 1.54) is 0 Å². The molecule has 2 aromatic carbocycles. The quantitative estimate of drug-likeness (QED) is 0.512. The van der Waals surface area contributed by atoms with Gasteiger partial charge in [0.1, 0.15) is 6.17 Å². The summed E-state index contributed by atoms with van der Waals surface area (Å²) in [6, 6.07) is 18.9. The number of unbranched alkanes of at least 4 members (excludes halogenated alkanes) is 3. The number of benzene rings is 2. The van der Waals surface area contributed by atoms with Crippen molar-refractivity contribution in [3.63, 3.8) is 0 Å². The third-order valence-corrected chi connectivity index (χ3v) is 4.31. The summed E-state index contributed by atoms with van der Waals surface area (Å²) in [6.07, 6.45) is 3.77. The molecule has 2 nitrogen and oxygen atoms in total. The molecule has 3 heteroatoms. The van der Waals surface area contributed by atoms with Crippen molar-refractivity contribution < 1.29 is 9.18 Å². The van der Waals surface area contributed by atoms with E-state index in [0.717, 1.165) is 31.2 Å². The van der Waals surface area contributed by atoms with Gasteiger partial charge in [0.25, 0.3) is 5.91 Å². The predicted octanol–water partition coefficient (Wildman–Crippen LogP) is 5.64. The van der Waals surface area contributed by atoms with Crippen molar-refractivity contribution in [1.82, 2.24) is 4.90 Å². The summed E-state index contributed by atoms with van der Waals surface area (Å²) in [6.45, 7) is 2.73. The van der Waals surface area contributed by atoms with Gasteiger partial charge in [0.15, 0.2) is 0 Å². The summed E-state index contributed by atoms with van der Waals surface area (Å²) < 4.78 is 14.5. The van der Waals surface area contributed by atoms with Gasteiger partial charge >= 0.3 is 0 Å². The fourth-order valence-corrected chi connectivity index (χ4v) is 2.91. The molecule has 0 aliphatic heterocycles. The van der Waals surface area contributed by atoms with Gasteiger partial charge in [0.05, 0.1) is 6.54 Å². The summed E-state index contributed by atoms with van der Waals surface area (Å²) in [4.78, 5) is 14.5. The molecule has 0 heterocycles. The fourth-order valence-electron chi connectivity index (χ4n) is 2.91. The van der Waals surface area contributed by atoms with Crippen LogP contribution in [0, 0.1) is 0 Å². The minimum Gasteiger partial charge on any atom is -0.331 e. The lowest BCUT2D eigenvalue weighted by atomic mass is 10.1. The van der Waals surface area contributed by atoms with Gasteiger partial charge in [-0.1, -0.05) is 81.1 Å². The first kappa shape index (κ1) is 19.2. The van der Waals surface area contributed by atoms with Gasteiger partial charge in [-0.05, 0) is 24.1 Å². The van der Waals surface area contributed by atoms with Crippen molar-refractivity contribution in [2.75, 3.05) is 6.54 Å². The highest BCUT2D eigenvalue weighted by atomic mass is 19.1. The Morgan fingerprint density at radius 3 is 2.24 bits per heavy atom. The topological polar surface area (TPSA) is 20.3 Å². The second-order valence-electron chi connectivity index (χ2n) is 6.48. The van der Waals surface area contributed by atoms with Crippen molar-refractivity contribution in [2.45, 2.75) is 51.7 Å². The number of hydrogen-bond acceptors (Lipinski definition) is 1. The number of halogens is 1. The van der Waals surface area contributed by atoms with Crippen molar-refractivity contribution in [3.8, 4) is 0 Å².